The summed E-state index contributed by atoms with van der Waals surface area (Å²) in [5, 5.41) is 34.0. The molecule has 13 heteroatoms. The summed E-state index contributed by atoms with van der Waals surface area (Å²) in [6.45, 7) is 2.95. The van der Waals surface area contributed by atoms with Crippen LogP contribution in [0.15, 0.2) is 0 Å². The van der Waals surface area contributed by atoms with E-state index in [-0.39, 0.29) is 13.2 Å². The van der Waals surface area contributed by atoms with Crippen LogP contribution >= 0.6 is 15.6 Å². The van der Waals surface area contributed by atoms with Crippen LogP contribution in [0.3, 0.4) is 0 Å². The summed E-state index contributed by atoms with van der Waals surface area (Å²) in [5.74, 6) is 0. The predicted molar refractivity (Wildman–Crippen MR) is 149 cm³/mol. The summed E-state index contributed by atoms with van der Waals surface area (Å²) in [4.78, 5) is 18.0. The van der Waals surface area contributed by atoms with E-state index in [1.165, 1.54) is 51.4 Å². The minimum Gasteiger partial charge on any atom is -0.396 e. The highest BCUT2D eigenvalue weighted by atomic mass is 31.3. The van der Waals surface area contributed by atoms with Crippen molar-refractivity contribution >= 4 is 15.6 Å². The molecule has 0 bridgehead atoms. The molecular weight excluding hydrogens is 538 g/mol. The van der Waals surface area contributed by atoms with Crippen molar-refractivity contribution in [2.75, 3.05) is 39.6 Å². The zero-order chi connectivity index (χ0) is 29.2. The molecule has 0 aromatic rings. The lowest BCUT2D eigenvalue weighted by Gasteiger charge is -2.23. The monoisotopic (exact) mass is 594 g/mol. The molecule has 0 saturated heterocycles. The smallest absolute Gasteiger partial charge is 0.396 e. The van der Waals surface area contributed by atoms with Crippen LogP contribution in [0.5, 0.6) is 0 Å². The van der Waals surface area contributed by atoms with Gasteiger partial charge in [-0.2, -0.15) is 4.31 Å². The lowest BCUT2D eigenvalue weighted by molar-refractivity contribution is -0.0328. The predicted octanol–water partition coefficient (Wildman–Crippen LogP) is 5.46. The minimum absolute atomic E-state index is 0.101. The summed E-state index contributed by atoms with van der Waals surface area (Å²) in [6.07, 6.45) is 17.5. The first-order valence-corrected chi connectivity index (χ1v) is 17.2. The van der Waals surface area contributed by atoms with Crippen molar-refractivity contribution in [3.05, 3.63) is 0 Å². The van der Waals surface area contributed by atoms with Gasteiger partial charge in [-0.05, 0) is 12.8 Å². The second kappa shape index (κ2) is 26.0. The van der Waals surface area contributed by atoms with E-state index in [1.54, 1.807) is 0 Å². The highest BCUT2D eigenvalue weighted by molar-refractivity contribution is 7.61. The van der Waals surface area contributed by atoms with Crippen LogP contribution in [-0.4, -0.2) is 69.9 Å². The normalized spacial score (nSPS) is 12.4. The first-order chi connectivity index (χ1) is 18.1. The van der Waals surface area contributed by atoms with E-state index in [0.29, 0.717) is 12.8 Å². The van der Waals surface area contributed by atoms with Crippen LogP contribution in [0.4, 0.5) is 0 Å². The maximum absolute atomic E-state index is 12.5. The summed E-state index contributed by atoms with van der Waals surface area (Å²) >= 11 is 0. The molecule has 0 aliphatic rings. The first kappa shape index (κ1) is 40.2. The topological polar surface area (TPSA) is 183 Å². The third-order valence-electron chi connectivity index (χ3n) is 6.04. The molecule has 0 atom stereocenters. The molecule has 0 saturated carbocycles. The van der Waals surface area contributed by atoms with Crippen LogP contribution in [0.2, 0.25) is 0 Å². The summed E-state index contributed by atoms with van der Waals surface area (Å²) < 4.78 is 38.2. The zero-order valence-electron chi connectivity index (χ0n) is 23.7. The molecule has 232 valence electrons. The van der Waals surface area contributed by atoms with E-state index < -0.39 is 47.5 Å². The molecule has 38 heavy (non-hydrogen) atoms. The van der Waals surface area contributed by atoms with Gasteiger partial charge in [0.15, 0.2) is 0 Å². The fourth-order valence-corrected chi connectivity index (χ4v) is 5.54. The van der Waals surface area contributed by atoms with Crippen molar-refractivity contribution in [1.82, 2.24) is 0 Å². The van der Waals surface area contributed by atoms with Gasteiger partial charge in [-0.3, -0.25) is 9.05 Å². The van der Waals surface area contributed by atoms with Crippen LogP contribution < -0.4 is 0 Å². The van der Waals surface area contributed by atoms with E-state index in [9.17, 15) is 9.13 Å². The number of rotatable bonds is 26. The highest BCUT2D eigenvalue weighted by Crippen LogP contribution is 2.61. The average Bonchev–Trinajstić information content (AvgIpc) is 2.88. The lowest BCUT2D eigenvalue weighted by atomic mass is 9.93. The van der Waals surface area contributed by atoms with Crippen molar-refractivity contribution in [2.24, 2.45) is 5.41 Å². The summed E-state index contributed by atoms with van der Waals surface area (Å²) in [5.41, 5.74) is -1.11. The molecule has 6 N–H and O–H groups in total. The Labute approximate surface area is 230 Å². The zero-order valence-corrected chi connectivity index (χ0v) is 25.5. The number of aliphatic hydroxyl groups is 4. The third kappa shape index (κ3) is 25.1. The number of phosphoric ester groups is 1. The maximum atomic E-state index is 12.5. The number of phosphoric acid groups is 2. The average molecular weight is 595 g/mol. The van der Waals surface area contributed by atoms with Gasteiger partial charge in [0.05, 0.1) is 45.1 Å². The minimum atomic E-state index is -4.95. The van der Waals surface area contributed by atoms with Gasteiger partial charge < -0.3 is 30.2 Å². The van der Waals surface area contributed by atoms with Crippen molar-refractivity contribution in [3.63, 3.8) is 0 Å². The van der Waals surface area contributed by atoms with E-state index in [2.05, 4.69) is 18.2 Å². The lowest BCUT2D eigenvalue weighted by Crippen LogP contribution is -2.37. The molecule has 11 nitrogen and oxygen atoms in total. The molecule has 0 aliphatic heterocycles. The standard InChI is InChI=1S/C20H44O7P2.C5H12O4/c1-3-5-7-9-11-13-15-17-19-25-29(24,27-28(21,22)23)26-20-18-16-14-12-10-8-6-4-2;6-1-5(2-7,3-8)4-9/h3-20H2,1-2H3,(H2,21,22,23);6-9H,1-4H2. The number of aliphatic hydroxyl groups excluding tert-OH is 4. The molecule has 0 fully saturated rings. The second-order valence-corrected chi connectivity index (χ2v) is 12.8. The highest BCUT2D eigenvalue weighted by Gasteiger charge is 2.35. The quantitative estimate of drug-likeness (QED) is 0.0552. The SMILES string of the molecule is CCCCCCCCCCOP(=O)(OCCCCCCCCCC)OP(=O)(O)O.OCC(CO)(CO)CO. The van der Waals surface area contributed by atoms with Gasteiger partial charge in [-0.25, -0.2) is 9.13 Å². The molecule has 0 radical (unpaired) electrons. The summed E-state index contributed by atoms with van der Waals surface area (Å²) in [6, 6.07) is 0. The molecule has 0 aliphatic carbocycles. The molecule has 0 aromatic carbocycles. The summed E-state index contributed by atoms with van der Waals surface area (Å²) in [7, 11) is -9.20. The van der Waals surface area contributed by atoms with Crippen LogP contribution in [0.1, 0.15) is 117 Å². The third-order valence-corrected chi connectivity index (χ3v) is 8.69. The van der Waals surface area contributed by atoms with Crippen LogP contribution in [0, 0.1) is 5.41 Å². The maximum Gasteiger partial charge on any atom is 0.483 e. The Kier molecular flexibility index (Phi) is 27.6. The van der Waals surface area contributed by atoms with E-state index >= 15 is 0 Å². The van der Waals surface area contributed by atoms with Gasteiger partial charge in [0, 0.05) is 0 Å². The van der Waals surface area contributed by atoms with Gasteiger partial charge in [-0.15, -0.1) is 0 Å². The van der Waals surface area contributed by atoms with Crippen molar-refractivity contribution in [2.45, 2.75) is 117 Å². The Balaban J connectivity index is 0. The van der Waals surface area contributed by atoms with Gasteiger partial charge in [0.1, 0.15) is 0 Å². The Hall–Kier alpha value is 0.100. The molecule has 0 spiro atoms. The van der Waals surface area contributed by atoms with Crippen LogP contribution in [-0.2, 0) is 22.5 Å². The van der Waals surface area contributed by atoms with E-state index in [1.807, 2.05) is 0 Å². The Morgan fingerprint density at radius 1 is 0.526 bits per heavy atom. The van der Waals surface area contributed by atoms with Gasteiger partial charge >= 0.3 is 15.6 Å². The number of hydrogen-bond donors (Lipinski definition) is 6. The van der Waals surface area contributed by atoms with Crippen LogP contribution in [0.25, 0.3) is 0 Å². The molecular formula is C25H56O11P2. The second-order valence-electron chi connectivity index (χ2n) is 9.77. The van der Waals surface area contributed by atoms with Gasteiger partial charge in [0.2, 0.25) is 0 Å². The Morgan fingerprint density at radius 2 is 0.816 bits per heavy atom. The Bertz CT molecular complexity index is 554. The Morgan fingerprint density at radius 3 is 1.05 bits per heavy atom. The molecule has 0 unspecified atom stereocenters. The fourth-order valence-electron chi connectivity index (χ4n) is 3.34. The first-order valence-electron chi connectivity index (χ1n) is 14.2. The van der Waals surface area contributed by atoms with E-state index in [0.717, 1.165) is 38.5 Å². The van der Waals surface area contributed by atoms with Gasteiger partial charge in [0.25, 0.3) is 0 Å². The van der Waals surface area contributed by atoms with Crippen molar-refractivity contribution in [3.8, 4) is 0 Å². The van der Waals surface area contributed by atoms with Gasteiger partial charge in [-0.1, -0.05) is 104 Å². The van der Waals surface area contributed by atoms with E-state index in [4.69, 9.17) is 39.3 Å². The largest absolute Gasteiger partial charge is 0.483 e. The molecule has 0 rings (SSSR count). The number of hydrogen-bond acceptors (Lipinski definition) is 9. The molecule has 0 amide bonds. The van der Waals surface area contributed by atoms with Crippen molar-refractivity contribution < 1.29 is 52.7 Å². The fraction of sp³-hybridized carbons (Fsp3) is 1.00. The van der Waals surface area contributed by atoms with Crippen molar-refractivity contribution in [1.29, 1.82) is 0 Å². The molecule has 0 aromatic heterocycles. The molecule has 0 heterocycles. The number of unbranched alkanes of at least 4 members (excludes halogenated alkanes) is 14.